The van der Waals surface area contributed by atoms with Crippen molar-refractivity contribution in [3.05, 3.63) is 59.2 Å². The SMILES string of the molecule is Cc1ccc2c(c1)[C@H]1CN(C)CC[C@@H]1c1ccccc1O2. The van der Waals surface area contributed by atoms with Crippen LogP contribution < -0.4 is 4.74 Å². The van der Waals surface area contributed by atoms with Crippen molar-refractivity contribution in [1.82, 2.24) is 4.90 Å². The number of likely N-dealkylation sites (tertiary alicyclic amines) is 1. The number of piperidine rings is 1. The molecule has 2 heteroatoms. The zero-order valence-corrected chi connectivity index (χ0v) is 12.7. The second-order valence-electron chi connectivity index (χ2n) is 6.45. The topological polar surface area (TPSA) is 12.5 Å². The van der Waals surface area contributed by atoms with Crippen LogP contribution in [0.2, 0.25) is 0 Å². The van der Waals surface area contributed by atoms with E-state index in [4.69, 9.17) is 4.74 Å². The lowest BCUT2D eigenvalue weighted by atomic mass is 9.76. The Labute approximate surface area is 126 Å². The summed E-state index contributed by atoms with van der Waals surface area (Å²) in [6.07, 6.45) is 1.20. The predicted molar refractivity (Wildman–Crippen MR) is 85.3 cm³/mol. The summed E-state index contributed by atoms with van der Waals surface area (Å²) in [5, 5.41) is 0. The van der Waals surface area contributed by atoms with Crippen molar-refractivity contribution in [2.45, 2.75) is 25.2 Å². The van der Waals surface area contributed by atoms with Crippen LogP contribution in [-0.2, 0) is 0 Å². The van der Waals surface area contributed by atoms with Gasteiger partial charge in [-0.2, -0.15) is 0 Å². The van der Waals surface area contributed by atoms with Gasteiger partial charge in [0.15, 0.2) is 0 Å². The summed E-state index contributed by atoms with van der Waals surface area (Å²) in [5.74, 6) is 3.18. The molecule has 4 rings (SSSR count). The third-order valence-corrected chi connectivity index (χ3v) is 4.92. The molecule has 21 heavy (non-hydrogen) atoms. The van der Waals surface area contributed by atoms with Crippen LogP contribution in [0.1, 0.15) is 34.9 Å². The first-order valence-corrected chi connectivity index (χ1v) is 7.78. The fourth-order valence-electron chi connectivity index (χ4n) is 3.85. The van der Waals surface area contributed by atoms with Gasteiger partial charge in [0.2, 0.25) is 0 Å². The van der Waals surface area contributed by atoms with Gasteiger partial charge in [-0.15, -0.1) is 0 Å². The Morgan fingerprint density at radius 1 is 1.00 bits per heavy atom. The van der Waals surface area contributed by atoms with E-state index >= 15 is 0 Å². The number of fused-ring (bicyclic) bond motifs is 5. The largest absolute Gasteiger partial charge is 0.457 e. The van der Waals surface area contributed by atoms with Crippen molar-refractivity contribution < 1.29 is 4.74 Å². The highest BCUT2D eigenvalue weighted by Gasteiger charge is 2.35. The highest BCUT2D eigenvalue weighted by atomic mass is 16.5. The molecule has 2 aromatic rings. The van der Waals surface area contributed by atoms with Crippen LogP contribution in [0.15, 0.2) is 42.5 Å². The van der Waals surface area contributed by atoms with Crippen molar-refractivity contribution in [1.29, 1.82) is 0 Å². The second-order valence-corrected chi connectivity index (χ2v) is 6.45. The van der Waals surface area contributed by atoms with Gasteiger partial charge in [-0.3, -0.25) is 0 Å². The molecule has 1 fully saturated rings. The minimum Gasteiger partial charge on any atom is -0.457 e. The zero-order chi connectivity index (χ0) is 14.4. The van der Waals surface area contributed by atoms with Gasteiger partial charge in [0.1, 0.15) is 11.5 Å². The van der Waals surface area contributed by atoms with Gasteiger partial charge < -0.3 is 9.64 Å². The fraction of sp³-hybridized carbons (Fsp3) is 0.368. The lowest BCUT2D eigenvalue weighted by Gasteiger charge is -2.36. The third-order valence-electron chi connectivity index (χ3n) is 4.92. The Balaban J connectivity index is 1.91. The van der Waals surface area contributed by atoms with E-state index < -0.39 is 0 Å². The highest BCUT2D eigenvalue weighted by Crippen LogP contribution is 2.49. The molecule has 0 aromatic heterocycles. The van der Waals surface area contributed by atoms with Gasteiger partial charge in [-0.25, -0.2) is 0 Å². The van der Waals surface area contributed by atoms with E-state index in [1.807, 2.05) is 0 Å². The van der Waals surface area contributed by atoms with Crippen molar-refractivity contribution in [2.75, 3.05) is 20.1 Å². The molecule has 0 spiro atoms. The number of likely N-dealkylation sites (N-methyl/N-ethyl adjacent to an activating group) is 1. The monoisotopic (exact) mass is 279 g/mol. The quantitative estimate of drug-likeness (QED) is 0.712. The summed E-state index contributed by atoms with van der Waals surface area (Å²) in [6.45, 7) is 4.44. The van der Waals surface area contributed by atoms with Crippen LogP contribution in [0.4, 0.5) is 0 Å². The van der Waals surface area contributed by atoms with Crippen LogP contribution in [0.3, 0.4) is 0 Å². The summed E-state index contributed by atoms with van der Waals surface area (Å²) in [7, 11) is 2.23. The third kappa shape index (κ3) is 2.14. The van der Waals surface area contributed by atoms with Crippen molar-refractivity contribution in [3.63, 3.8) is 0 Å². The van der Waals surface area contributed by atoms with E-state index in [1.54, 1.807) is 0 Å². The van der Waals surface area contributed by atoms with Gasteiger partial charge in [0.05, 0.1) is 0 Å². The number of hydrogen-bond donors (Lipinski definition) is 0. The molecule has 2 aliphatic rings. The zero-order valence-electron chi connectivity index (χ0n) is 12.7. The molecule has 1 saturated heterocycles. The molecule has 0 N–H and O–H groups in total. The molecular formula is C19H21NO. The van der Waals surface area contributed by atoms with E-state index in [0.717, 1.165) is 24.6 Å². The first kappa shape index (κ1) is 12.9. The van der Waals surface area contributed by atoms with Gasteiger partial charge in [0, 0.05) is 18.0 Å². The van der Waals surface area contributed by atoms with Crippen LogP contribution in [0.25, 0.3) is 0 Å². The molecule has 0 unspecified atom stereocenters. The van der Waals surface area contributed by atoms with E-state index in [9.17, 15) is 0 Å². The maximum atomic E-state index is 6.27. The molecule has 0 aliphatic carbocycles. The van der Waals surface area contributed by atoms with Crippen LogP contribution in [0.5, 0.6) is 11.5 Å². The Hall–Kier alpha value is -1.80. The molecule has 2 heterocycles. The van der Waals surface area contributed by atoms with E-state index in [-0.39, 0.29) is 0 Å². The number of hydrogen-bond acceptors (Lipinski definition) is 2. The average molecular weight is 279 g/mol. The molecular weight excluding hydrogens is 258 g/mol. The molecule has 0 radical (unpaired) electrons. The standard InChI is InChI=1S/C19H21NO/c1-13-7-8-19-16(11-13)17-12-20(2)10-9-14(17)15-5-3-4-6-18(15)21-19/h3-8,11,14,17H,9-10,12H2,1-2H3/t14-,17+/m1/s1. The Morgan fingerprint density at radius 2 is 1.81 bits per heavy atom. The van der Waals surface area contributed by atoms with E-state index in [0.29, 0.717) is 11.8 Å². The van der Waals surface area contributed by atoms with Crippen molar-refractivity contribution in [3.8, 4) is 11.5 Å². The van der Waals surface area contributed by atoms with Gasteiger partial charge in [-0.05, 0) is 50.6 Å². The van der Waals surface area contributed by atoms with E-state index in [2.05, 4.69) is 61.3 Å². The summed E-state index contributed by atoms with van der Waals surface area (Å²) >= 11 is 0. The summed E-state index contributed by atoms with van der Waals surface area (Å²) in [4.78, 5) is 2.45. The Bertz CT molecular complexity index is 679. The smallest absolute Gasteiger partial charge is 0.131 e. The second kappa shape index (κ2) is 4.88. The van der Waals surface area contributed by atoms with Gasteiger partial charge in [0.25, 0.3) is 0 Å². The van der Waals surface area contributed by atoms with Crippen LogP contribution in [-0.4, -0.2) is 25.0 Å². The molecule has 108 valence electrons. The predicted octanol–water partition coefficient (Wildman–Crippen LogP) is 4.30. The number of aryl methyl sites for hydroxylation is 1. The molecule has 2 nitrogen and oxygen atoms in total. The number of benzene rings is 2. The molecule has 0 bridgehead atoms. The average Bonchev–Trinajstić information content (AvgIpc) is 2.62. The molecule has 0 saturated carbocycles. The minimum atomic E-state index is 0.530. The van der Waals surface area contributed by atoms with Crippen LogP contribution >= 0.6 is 0 Å². The molecule has 0 amide bonds. The minimum absolute atomic E-state index is 0.530. The Morgan fingerprint density at radius 3 is 2.71 bits per heavy atom. The summed E-state index contributed by atoms with van der Waals surface area (Å²) in [5.41, 5.74) is 4.07. The fourth-order valence-corrected chi connectivity index (χ4v) is 3.85. The lowest BCUT2D eigenvalue weighted by Crippen LogP contribution is -2.35. The van der Waals surface area contributed by atoms with Crippen molar-refractivity contribution in [2.24, 2.45) is 0 Å². The summed E-state index contributed by atoms with van der Waals surface area (Å²) in [6, 6.07) is 15.2. The maximum Gasteiger partial charge on any atom is 0.131 e. The molecule has 2 atom stereocenters. The maximum absolute atomic E-state index is 6.27. The molecule has 2 aliphatic heterocycles. The number of rotatable bonds is 0. The van der Waals surface area contributed by atoms with Crippen LogP contribution in [0, 0.1) is 6.92 Å². The molecule has 2 aromatic carbocycles. The highest BCUT2D eigenvalue weighted by molar-refractivity contribution is 5.50. The van der Waals surface area contributed by atoms with Crippen molar-refractivity contribution >= 4 is 0 Å². The number of para-hydroxylation sites is 1. The first-order valence-electron chi connectivity index (χ1n) is 7.78. The number of nitrogens with zero attached hydrogens (tertiary/aromatic N) is 1. The number of ether oxygens (including phenoxy) is 1. The van der Waals surface area contributed by atoms with Gasteiger partial charge in [-0.1, -0.05) is 35.9 Å². The van der Waals surface area contributed by atoms with Gasteiger partial charge >= 0.3 is 0 Å². The lowest BCUT2D eigenvalue weighted by molar-refractivity contribution is 0.228. The summed E-state index contributed by atoms with van der Waals surface area (Å²) < 4.78 is 6.27. The normalized spacial score (nSPS) is 24.3. The van der Waals surface area contributed by atoms with E-state index in [1.165, 1.54) is 23.1 Å². The Kier molecular flexibility index (Phi) is 3.00. The first-order chi connectivity index (χ1) is 10.2.